The van der Waals surface area contributed by atoms with Crippen LogP contribution in [-0.2, 0) is 9.59 Å². The van der Waals surface area contributed by atoms with Gasteiger partial charge in [-0.3, -0.25) is 9.59 Å². The summed E-state index contributed by atoms with van der Waals surface area (Å²) < 4.78 is 0. The van der Waals surface area contributed by atoms with E-state index < -0.39 is 0 Å². The molecule has 0 bridgehead atoms. The molecule has 0 aromatic heterocycles. The van der Waals surface area contributed by atoms with Crippen LogP contribution in [0.4, 0.5) is 0 Å². The molecule has 1 aliphatic heterocycles. The number of piperazine rings is 1. The maximum absolute atomic E-state index is 11.8. The van der Waals surface area contributed by atoms with Gasteiger partial charge in [0.2, 0.25) is 11.8 Å². The molecule has 2 rings (SSSR count). The zero-order valence-electron chi connectivity index (χ0n) is 9.16. The molecular formula is C11H18N2O2. The average molecular weight is 210 g/mol. The highest BCUT2D eigenvalue weighted by Gasteiger charge is 2.32. The Morgan fingerprint density at radius 2 is 2.13 bits per heavy atom. The Hall–Kier alpha value is -1.06. The predicted octanol–water partition coefficient (Wildman–Crippen LogP) is 0.523. The Labute approximate surface area is 90.0 Å². The van der Waals surface area contributed by atoms with Crippen molar-refractivity contribution >= 4 is 11.8 Å². The number of nitrogens with one attached hydrogen (secondary N) is 1. The fourth-order valence-corrected chi connectivity index (χ4v) is 1.98. The summed E-state index contributed by atoms with van der Waals surface area (Å²) in [6.07, 6.45) is 4.34. The van der Waals surface area contributed by atoms with Gasteiger partial charge in [-0.15, -0.1) is 0 Å². The van der Waals surface area contributed by atoms with Gasteiger partial charge in [-0.2, -0.15) is 0 Å². The molecule has 0 spiro atoms. The first-order chi connectivity index (χ1) is 7.20. The summed E-state index contributed by atoms with van der Waals surface area (Å²) in [6.45, 7) is 2.93. The van der Waals surface area contributed by atoms with Gasteiger partial charge in [-0.1, -0.05) is 19.8 Å². The van der Waals surface area contributed by atoms with Crippen LogP contribution in [0.2, 0.25) is 0 Å². The summed E-state index contributed by atoms with van der Waals surface area (Å²) in [4.78, 5) is 24.9. The minimum absolute atomic E-state index is 0.0164. The summed E-state index contributed by atoms with van der Waals surface area (Å²) in [5, 5.41) is 2.72. The van der Waals surface area contributed by atoms with E-state index in [-0.39, 0.29) is 24.4 Å². The van der Waals surface area contributed by atoms with E-state index in [1.165, 1.54) is 12.8 Å². The van der Waals surface area contributed by atoms with Gasteiger partial charge in [0, 0.05) is 6.54 Å². The lowest BCUT2D eigenvalue weighted by molar-refractivity contribution is -0.144. The second-order valence-corrected chi connectivity index (χ2v) is 4.52. The number of hydrogen-bond donors (Lipinski definition) is 1. The monoisotopic (exact) mass is 210 g/mol. The molecule has 1 unspecified atom stereocenters. The van der Waals surface area contributed by atoms with Crippen LogP contribution in [-0.4, -0.2) is 35.8 Å². The van der Waals surface area contributed by atoms with E-state index in [1.54, 1.807) is 4.90 Å². The lowest BCUT2D eigenvalue weighted by Gasteiger charge is -2.32. The second-order valence-electron chi connectivity index (χ2n) is 4.52. The molecule has 15 heavy (non-hydrogen) atoms. The molecule has 2 aliphatic rings. The van der Waals surface area contributed by atoms with E-state index >= 15 is 0 Å². The van der Waals surface area contributed by atoms with E-state index in [0.29, 0.717) is 6.42 Å². The molecule has 4 nitrogen and oxygen atoms in total. The van der Waals surface area contributed by atoms with Crippen LogP contribution in [0.3, 0.4) is 0 Å². The van der Waals surface area contributed by atoms with Crippen LogP contribution in [0.1, 0.15) is 32.6 Å². The van der Waals surface area contributed by atoms with Crippen molar-refractivity contribution in [3.8, 4) is 0 Å². The number of nitrogens with zero attached hydrogens (tertiary/aromatic N) is 1. The quantitative estimate of drug-likeness (QED) is 0.735. The van der Waals surface area contributed by atoms with E-state index in [4.69, 9.17) is 0 Å². The highest BCUT2D eigenvalue weighted by molar-refractivity contribution is 5.94. The Morgan fingerprint density at radius 1 is 1.40 bits per heavy atom. The first kappa shape index (κ1) is 10.5. The molecule has 2 fully saturated rings. The summed E-state index contributed by atoms with van der Waals surface area (Å²) in [7, 11) is 0. The molecule has 1 N–H and O–H groups in total. The minimum Gasteiger partial charge on any atom is -0.343 e. The second kappa shape index (κ2) is 4.21. The predicted molar refractivity (Wildman–Crippen MR) is 56.1 cm³/mol. The van der Waals surface area contributed by atoms with Gasteiger partial charge >= 0.3 is 0 Å². The first-order valence-electron chi connectivity index (χ1n) is 5.79. The smallest absolute Gasteiger partial charge is 0.245 e. The van der Waals surface area contributed by atoms with Crippen LogP contribution in [0, 0.1) is 5.92 Å². The molecule has 84 valence electrons. The van der Waals surface area contributed by atoms with E-state index in [0.717, 1.165) is 18.9 Å². The molecule has 0 radical (unpaired) electrons. The topological polar surface area (TPSA) is 49.4 Å². The highest BCUT2D eigenvalue weighted by Crippen LogP contribution is 2.32. The average Bonchev–Trinajstić information content (AvgIpc) is 3.02. The summed E-state index contributed by atoms with van der Waals surface area (Å²) in [5.41, 5.74) is 0. The summed E-state index contributed by atoms with van der Waals surface area (Å²) in [6, 6.07) is -0.287. The van der Waals surface area contributed by atoms with Crippen molar-refractivity contribution in [3.05, 3.63) is 0 Å². The number of rotatable bonds is 4. The Balaban J connectivity index is 1.89. The van der Waals surface area contributed by atoms with Crippen LogP contribution < -0.4 is 5.32 Å². The fraction of sp³-hybridized carbons (Fsp3) is 0.818. The van der Waals surface area contributed by atoms with Gasteiger partial charge in [0.25, 0.3) is 0 Å². The molecule has 1 atom stereocenters. The zero-order valence-corrected chi connectivity index (χ0v) is 9.16. The van der Waals surface area contributed by atoms with Crippen LogP contribution >= 0.6 is 0 Å². The number of amides is 2. The summed E-state index contributed by atoms with van der Waals surface area (Å²) in [5.74, 6) is 0.887. The maximum atomic E-state index is 11.8. The van der Waals surface area contributed by atoms with Crippen LogP contribution in [0.5, 0.6) is 0 Å². The largest absolute Gasteiger partial charge is 0.343 e. The van der Waals surface area contributed by atoms with Crippen molar-refractivity contribution in [2.24, 2.45) is 5.92 Å². The number of hydrogen-bond acceptors (Lipinski definition) is 2. The lowest BCUT2D eigenvalue weighted by atomic mass is 10.1. The molecule has 1 saturated carbocycles. The normalized spacial score (nSPS) is 26.7. The van der Waals surface area contributed by atoms with Crippen molar-refractivity contribution in [1.29, 1.82) is 0 Å². The van der Waals surface area contributed by atoms with Crippen molar-refractivity contribution < 1.29 is 9.59 Å². The van der Waals surface area contributed by atoms with E-state index in [2.05, 4.69) is 5.32 Å². The third-order valence-electron chi connectivity index (χ3n) is 3.19. The summed E-state index contributed by atoms with van der Waals surface area (Å²) >= 11 is 0. The van der Waals surface area contributed by atoms with Gasteiger partial charge in [-0.25, -0.2) is 0 Å². The number of carbonyl (C=O) groups is 2. The van der Waals surface area contributed by atoms with Crippen molar-refractivity contribution in [1.82, 2.24) is 10.2 Å². The van der Waals surface area contributed by atoms with Crippen LogP contribution in [0.25, 0.3) is 0 Å². The van der Waals surface area contributed by atoms with Crippen molar-refractivity contribution in [2.45, 2.75) is 38.6 Å². The zero-order chi connectivity index (χ0) is 10.8. The molecule has 2 amide bonds. The SMILES string of the molecule is CCC1NC(=O)CN(CCC2CC2)C1=O. The molecular weight excluding hydrogens is 192 g/mol. The van der Waals surface area contributed by atoms with Gasteiger partial charge < -0.3 is 10.2 Å². The Kier molecular flexibility index (Phi) is 2.93. The molecule has 0 aromatic rings. The highest BCUT2D eigenvalue weighted by atomic mass is 16.2. The molecule has 1 heterocycles. The molecule has 1 saturated heterocycles. The number of carbonyl (C=O) groups excluding carboxylic acids is 2. The standard InChI is InChI=1S/C11H18N2O2/c1-2-9-11(15)13(7-10(14)12-9)6-5-8-3-4-8/h8-9H,2-7H2,1H3,(H,12,14). The van der Waals surface area contributed by atoms with Gasteiger partial charge in [-0.05, 0) is 18.8 Å². The molecule has 0 aromatic carbocycles. The Morgan fingerprint density at radius 3 is 2.73 bits per heavy atom. The molecule has 1 aliphatic carbocycles. The van der Waals surface area contributed by atoms with Gasteiger partial charge in [0.15, 0.2) is 0 Å². The lowest BCUT2D eigenvalue weighted by Crippen LogP contribution is -2.57. The maximum Gasteiger partial charge on any atom is 0.245 e. The Bertz CT molecular complexity index is 274. The van der Waals surface area contributed by atoms with E-state index in [9.17, 15) is 9.59 Å². The van der Waals surface area contributed by atoms with Gasteiger partial charge in [0.1, 0.15) is 6.04 Å². The molecule has 4 heteroatoms. The third-order valence-corrected chi connectivity index (χ3v) is 3.19. The minimum atomic E-state index is -0.287. The van der Waals surface area contributed by atoms with E-state index in [1.807, 2.05) is 6.92 Å². The van der Waals surface area contributed by atoms with Crippen molar-refractivity contribution in [3.63, 3.8) is 0 Å². The van der Waals surface area contributed by atoms with Gasteiger partial charge in [0.05, 0.1) is 6.54 Å². The third kappa shape index (κ3) is 2.49. The van der Waals surface area contributed by atoms with Crippen molar-refractivity contribution in [2.75, 3.05) is 13.1 Å². The first-order valence-corrected chi connectivity index (χ1v) is 5.79. The fourth-order valence-electron chi connectivity index (χ4n) is 1.98. The van der Waals surface area contributed by atoms with Crippen LogP contribution in [0.15, 0.2) is 0 Å².